The molecule has 0 aliphatic carbocycles. The van der Waals surface area contributed by atoms with Crippen LogP contribution in [0, 0.1) is 0 Å². The van der Waals surface area contributed by atoms with Gasteiger partial charge in [0, 0.05) is 17.9 Å². The van der Waals surface area contributed by atoms with Crippen LogP contribution in [0.2, 0.25) is 0 Å². The van der Waals surface area contributed by atoms with Crippen molar-refractivity contribution in [1.82, 2.24) is 10.3 Å². The minimum absolute atomic E-state index is 0.405. The molecule has 76 valence electrons. The number of aromatic nitrogens is 1. The van der Waals surface area contributed by atoms with E-state index in [1.807, 2.05) is 24.4 Å². The molecule has 2 nitrogen and oxygen atoms in total. The zero-order valence-corrected chi connectivity index (χ0v) is 8.74. The summed E-state index contributed by atoms with van der Waals surface area (Å²) in [5.74, 6) is 0. The number of hydrogen-bond acceptors (Lipinski definition) is 2. The monoisotopic (exact) mass is 190 g/mol. The fourth-order valence-corrected chi connectivity index (χ4v) is 1.41. The van der Waals surface area contributed by atoms with E-state index in [1.54, 1.807) is 0 Å². The standard InChI is InChI=1S/C12H18N2/c1-3-11(13-4-2)8-9-12-7-5-6-10-14-12/h3,5-7,10-11,13H,1,4,8-9H2,2H3. The molecule has 0 saturated carbocycles. The third kappa shape index (κ3) is 3.71. The molecule has 1 N–H and O–H groups in total. The highest BCUT2D eigenvalue weighted by atomic mass is 14.9. The third-order valence-electron chi connectivity index (χ3n) is 2.19. The lowest BCUT2D eigenvalue weighted by Gasteiger charge is -2.12. The summed E-state index contributed by atoms with van der Waals surface area (Å²) in [6.07, 6.45) is 5.87. The highest BCUT2D eigenvalue weighted by Crippen LogP contribution is 2.02. The van der Waals surface area contributed by atoms with E-state index in [1.165, 1.54) is 0 Å². The largest absolute Gasteiger partial charge is 0.311 e. The number of nitrogens with one attached hydrogen (secondary N) is 1. The molecule has 1 aromatic rings. The van der Waals surface area contributed by atoms with E-state index in [0.29, 0.717) is 6.04 Å². The van der Waals surface area contributed by atoms with Crippen molar-refractivity contribution in [1.29, 1.82) is 0 Å². The van der Waals surface area contributed by atoms with Gasteiger partial charge in [0.1, 0.15) is 0 Å². The van der Waals surface area contributed by atoms with Gasteiger partial charge in [0.25, 0.3) is 0 Å². The Hall–Kier alpha value is -1.15. The fraction of sp³-hybridized carbons (Fsp3) is 0.417. The summed E-state index contributed by atoms with van der Waals surface area (Å²) in [4.78, 5) is 4.28. The van der Waals surface area contributed by atoms with E-state index in [2.05, 4.69) is 29.9 Å². The molecule has 0 fully saturated rings. The van der Waals surface area contributed by atoms with Crippen LogP contribution in [0.15, 0.2) is 37.1 Å². The second kappa shape index (κ2) is 6.33. The average molecular weight is 190 g/mol. The average Bonchev–Trinajstić information content (AvgIpc) is 2.25. The van der Waals surface area contributed by atoms with Gasteiger partial charge >= 0.3 is 0 Å². The quantitative estimate of drug-likeness (QED) is 0.695. The maximum atomic E-state index is 4.28. The van der Waals surface area contributed by atoms with E-state index in [4.69, 9.17) is 0 Å². The van der Waals surface area contributed by atoms with E-state index in [-0.39, 0.29) is 0 Å². The number of hydrogen-bond donors (Lipinski definition) is 1. The zero-order chi connectivity index (χ0) is 10.2. The molecule has 0 aliphatic heterocycles. The first-order valence-corrected chi connectivity index (χ1v) is 5.12. The summed E-state index contributed by atoms with van der Waals surface area (Å²) in [5, 5.41) is 3.36. The molecule has 14 heavy (non-hydrogen) atoms. The summed E-state index contributed by atoms with van der Waals surface area (Å²) < 4.78 is 0. The van der Waals surface area contributed by atoms with Crippen molar-refractivity contribution in [2.45, 2.75) is 25.8 Å². The Balaban J connectivity index is 2.35. The molecule has 1 heterocycles. The molecule has 1 unspecified atom stereocenters. The molecule has 0 amide bonds. The van der Waals surface area contributed by atoms with E-state index < -0.39 is 0 Å². The van der Waals surface area contributed by atoms with Crippen molar-refractivity contribution in [3.05, 3.63) is 42.7 Å². The summed E-state index contributed by atoms with van der Waals surface area (Å²) in [6, 6.07) is 6.44. The molecule has 1 aromatic heterocycles. The lowest BCUT2D eigenvalue weighted by atomic mass is 10.1. The van der Waals surface area contributed by atoms with Crippen LogP contribution in [-0.2, 0) is 6.42 Å². The summed E-state index contributed by atoms with van der Waals surface area (Å²) in [7, 11) is 0. The highest BCUT2D eigenvalue weighted by molar-refractivity contribution is 5.04. The second-order valence-corrected chi connectivity index (χ2v) is 3.26. The minimum Gasteiger partial charge on any atom is -0.311 e. The smallest absolute Gasteiger partial charge is 0.0404 e. The van der Waals surface area contributed by atoms with Crippen LogP contribution >= 0.6 is 0 Å². The van der Waals surface area contributed by atoms with Gasteiger partial charge in [-0.1, -0.05) is 19.1 Å². The highest BCUT2D eigenvalue weighted by Gasteiger charge is 2.02. The molecule has 0 spiro atoms. The second-order valence-electron chi connectivity index (χ2n) is 3.26. The van der Waals surface area contributed by atoms with Gasteiger partial charge in [-0.25, -0.2) is 0 Å². The van der Waals surface area contributed by atoms with Crippen LogP contribution in [0.25, 0.3) is 0 Å². The molecule has 0 aromatic carbocycles. The van der Waals surface area contributed by atoms with Gasteiger partial charge in [-0.05, 0) is 31.5 Å². The molecular formula is C12H18N2. The van der Waals surface area contributed by atoms with Crippen molar-refractivity contribution in [3.63, 3.8) is 0 Å². The molecular weight excluding hydrogens is 172 g/mol. The Labute approximate surface area is 86.1 Å². The van der Waals surface area contributed by atoms with Crippen molar-refractivity contribution >= 4 is 0 Å². The summed E-state index contributed by atoms with van der Waals surface area (Å²) in [5.41, 5.74) is 1.15. The molecule has 0 saturated heterocycles. The number of nitrogens with zero attached hydrogens (tertiary/aromatic N) is 1. The normalized spacial score (nSPS) is 12.4. The van der Waals surface area contributed by atoms with Gasteiger partial charge in [0.05, 0.1) is 0 Å². The zero-order valence-electron chi connectivity index (χ0n) is 8.74. The first kappa shape index (κ1) is 10.9. The maximum Gasteiger partial charge on any atom is 0.0404 e. The first-order valence-electron chi connectivity index (χ1n) is 5.12. The van der Waals surface area contributed by atoms with E-state index in [0.717, 1.165) is 25.1 Å². The first-order chi connectivity index (χ1) is 6.86. The summed E-state index contributed by atoms with van der Waals surface area (Å²) in [6.45, 7) is 6.90. The molecule has 0 radical (unpaired) electrons. The predicted octanol–water partition coefficient (Wildman–Crippen LogP) is 2.18. The maximum absolute atomic E-state index is 4.28. The van der Waals surface area contributed by atoms with Gasteiger partial charge in [0.2, 0.25) is 0 Å². The van der Waals surface area contributed by atoms with Crippen LogP contribution in [0.3, 0.4) is 0 Å². The molecule has 0 aliphatic rings. The molecule has 1 atom stereocenters. The number of rotatable bonds is 6. The van der Waals surface area contributed by atoms with Gasteiger partial charge in [0.15, 0.2) is 0 Å². The van der Waals surface area contributed by atoms with Crippen LogP contribution in [0.5, 0.6) is 0 Å². The van der Waals surface area contributed by atoms with E-state index in [9.17, 15) is 0 Å². The Morgan fingerprint density at radius 3 is 3.00 bits per heavy atom. The Morgan fingerprint density at radius 2 is 2.43 bits per heavy atom. The number of aryl methyl sites for hydroxylation is 1. The van der Waals surface area contributed by atoms with E-state index >= 15 is 0 Å². The lowest BCUT2D eigenvalue weighted by molar-refractivity contribution is 0.571. The molecule has 0 bridgehead atoms. The van der Waals surface area contributed by atoms with Crippen molar-refractivity contribution in [2.24, 2.45) is 0 Å². The topological polar surface area (TPSA) is 24.9 Å². The third-order valence-corrected chi connectivity index (χ3v) is 2.19. The van der Waals surface area contributed by atoms with Crippen molar-refractivity contribution in [3.8, 4) is 0 Å². The number of pyridine rings is 1. The Bertz CT molecular complexity index is 256. The predicted molar refractivity (Wildman–Crippen MR) is 60.2 cm³/mol. The SMILES string of the molecule is C=CC(CCc1ccccn1)NCC. The molecule has 1 rings (SSSR count). The van der Waals surface area contributed by atoms with Crippen LogP contribution < -0.4 is 5.32 Å². The van der Waals surface area contributed by atoms with Crippen LogP contribution in [0.4, 0.5) is 0 Å². The Kier molecular flexibility index (Phi) is 4.94. The Morgan fingerprint density at radius 1 is 1.57 bits per heavy atom. The minimum atomic E-state index is 0.405. The van der Waals surface area contributed by atoms with Crippen LogP contribution in [-0.4, -0.2) is 17.6 Å². The van der Waals surface area contributed by atoms with Crippen LogP contribution in [0.1, 0.15) is 19.0 Å². The van der Waals surface area contributed by atoms with Crippen molar-refractivity contribution < 1.29 is 0 Å². The lowest BCUT2D eigenvalue weighted by Crippen LogP contribution is -2.27. The van der Waals surface area contributed by atoms with Gasteiger partial charge < -0.3 is 5.32 Å². The van der Waals surface area contributed by atoms with Gasteiger partial charge in [-0.15, -0.1) is 6.58 Å². The van der Waals surface area contributed by atoms with Gasteiger partial charge in [-0.2, -0.15) is 0 Å². The molecule has 2 heteroatoms. The summed E-state index contributed by atoms with van der Waals surface area (Å²) >= 11 is 0. The van der Waals surface area contributed by atoms with Crippen molar-refractivity contribution in [2.75, 3.05) is 6.54 Å². The van der Waals surface area contributed by atoms with Gasteiger partial charge in [-0.3, -0.25) is 4.98 Å². The fourth-order valence-electron chi connectivity index (χ4n) is 1.41. The number of likely N-dealkylation sites (N-methyl/N-ethyl adjacent to an activating group) is 1.